The lowest BCUT2D eigenvalue weighted by Crippen LogP contribution is -2.13. The van der Waals surface area contributed by atoms with Crippen molar-refractivity contribution < 1.29 is 4.79 Å². The molecule has 1 aromatic carbocycles. The number of benzene rings is 1. The predicted molar refractivity (Wildman–Crippen MR) is 99.9 cm³/mol. The van der Waals surface area contributed by atoms with Crippen LogP contribution < -0.4 is 0 Å². The van der Waals surface area contributed by atoms with Crippen LogP contribution in [0.25, 0.3) is 0 Å². The van der Waals surface area contributed by atoms with E-state index in [0.29, 0.717) is 11.6 Å². The van der Waals surface area contributed by atoms with Crippen LogP contribution in [0.1, 0.15) is 65.3 Å². The van der Waals surface area contributed by atoms with Crippen molar-refractivity contribution in [3.8, 4) is 0 Å². The Morgan fingerprint density at radius 1 is 1.16 bits per heavy atom. The first-order valence-electron chi connectivity index (χ1n) is 9.32. The van der Waals surface area contributed by atoms with Crippen molar-refractivity contribution in [2.45, 2.75) is 51.0 Å². The molecule has 2 aliphatic carbocycles. The Hall–Kier alpha value is -2.42. The Labute approximate surface area is 149 Å². The van der Waals surface area contributed by atoms with Gasteiger partial charge in [0, 0.05) is 11.5 Å². The van der Waals surface area contributed by atoms with Crippen LogP contribution in [0.5, 0.6) is 0 Å². The van der Waals surface area contributed by atoms with Gasteiger partial charge in [0.25, 0.3) is 0 Å². The van der Waals surface area contributed by atoms with Crippen molar-refractivity contribution in [2.75, 3.05) is 0 Å². The Balaban J connectivity index is 1.80. The minimum Gasteiger partial charge on any atom is -0.296 e. The van der Waals surface area contributed by atoms with Gasteiger partial charge in [-0.1, -0.05) is 55.0 Å². The lowest BCUT2D eigenvalue weighted by atomic mass is 9.87. The fraction of sp³-hybridized carbons (Fsp3) is 0.364. The monoisotopic (exact) mass is 332 g/mol. The lowest BCUT2D eigenvalue weighted by molar-refractivity contribution is 0.111. The molecule has 0 aliphatic heterocycles. The minimum atomic E-state index is 0.360. The second-order valence-electron chi connectivity index (χ2n) is 6.99. The fourth-order valence-electron chi connectivity index (χ4n) is 4.15. The summed E-state index contributed by atoms with van der Waals surface area (Å²) in [6.45, 7) is 0.727. The number of carbonyl (C=O) groups excluding carboxylic acids is 1. The normalized spacial score (nSPS) is 19.8. The van der Waals surface area contributed by atoms with Gasteiger partial charge in [-0.2, -0.15) is 5.10 Å². The van der Waals surface area contributed by atoms with Gasteiger partial charge >= 0.3 is 0 Å². The number of hydrogen-bond donors (Lipinski definition) is 0. The molecule has 1 aromatic heterocycles. The van der Waals surface area contributed by atoms with Crippen molar-refractivity contribution in [1.82, 2.24) is 9.78 Å². The lowest BCUT2D eigenvalue weighted by Gasteiger charge is -2.21. The molecule has 1 atom stereocenters. The molecule has 0 saturated heterocycles. The zero-order valence-corrected chi connectivity index (χ0v) is 14.5. The number of aromatic nitrogens is 2. The van der Waals surface area contributed by atoms with Gasteiger partial charge in [-0.3, -0.25) is 9.48 Å². The molecule has 0 fully saturated rings. The van der Waals surface area contributed by atoms with E-state index >= 15 is 0 Å². The molecule has 0 N–H and O–H groups in total. The van der Waals surface area contributed by atoms with Crippen molar-refractivity contribution in [1.29, 1.82) is 0 Å². The van der Waals surface area contributed by atoms with Gasteiger partial charge in [-0.25, -0.2) is 0 Å². The molecular weight excluding hydrogens is 308 g/mol. The minimum absolute atomic E-state index is 0.360. The van der Waals surface area contributed by atoms with Gasteiger partial charge in [-0.15, -0.1) is 0 Å². The third kappa shape index (κ3) is 3.23. The molecule has 3 heteroatoms. The molecule has 3 nitrogen and oxygen atoms in total. The fourth-order valence-corrected chi connectivity index (χ4v) is 4.15. The summed E-state index contributed by atoms with van der Waals surface area (Å²) >= 11 is 0. The predicted octanol–water partition coefficient (Wildman–Crippen LogP) is 4.83. The third-order valence-electron chi connectivity index (χ3n) is 5.34. The number of fused-ring (bicyclic) bond motifs is 1. The molecule has 4 rings (SSSR count). The van der Waals surface area contributed by atoms with E-state index in [9.17, 15) is 4.79 Å². The van der Waals surface area contributed by atoms with E-state index in [1.165, 1.54) is 28.8 Å². The van der Waals surface area contributed by atoms with E-state index in [2.05, 4.69) is 52.3 Å². The Kier molecular flexibility index (Phi) is 4.64. The summed E-state index contributed by atoms with van der Waals surface area (Å²) in [7, 11) is 0. The van der Waals surface area contributed by atoms with Crippen LogP contribution in [0.15, 0.2) is 54.1 Å². The summed E-state index contributed by atoms with van der Waals surface area (Å²) in [5.41, 5.74) is 5.70. The van der Waals surface area contributed by atoms with E-state index < -0.39 is 0 Å². The molecule has 0 bridgehead atoms. The maximum absolute atomic E-state index is 11.6. The smallest absolute Gasteiger partial charge is 0.170 e. The molecule has 1 heterocycles. The molecule has 2 aromatic rings. The first kappa shape index (κ1) is 16.1. The van der Waals surface area contributed by atoms with Crippen LogP contribution in [0, 0.1) is 0 Å². The van der Waals surface area contributed by atoms with Crippen molar-refractivity contribution >= 4 is 6.29 Å². The quantitative estimate of drug-likeness (QED) is 0.594. The zero-order valence-electron chi connectivity index (χ0n) is 14.5. The summed E-state index contributed by atoms with van der Waals surface area (Å²) in [5.74, 6) is 0.360. The topological polar surface area (TPSA) is 34.9 Å². The van der Waals surface area contributed by atoms with Crippen LogP contribution >= 0.6 is 0 Å². The molecule has 25 heavy (non-hydrogen) atoms. The van der Waals surface area contributed by atoms with Gasteiger partial charge in [0.2, 0.25) is 0 Å². The zero-order chi connectivity index (χ0) is 17.1. The second kappa shape index (κ2) is 7.22. The van der Waals surface area contributed by atoms with Crippen LogP contribution in [0.3, 0.4) is 0 Å². The van der Waals surface area contributed by atoms with E-state index in [-0.39, 0.29) is 0 Å². The maximum Gasteiger partial charge on any atom is 0.170 e. The highest BCUT2D eigenvalue weighted by molar-refractivity contribution is 5.75. The SMILES string of the molecule is O=Cc1nn(Cc2ccccc2)c2c1CCCCC2C1=CCCC=C1. The molecule has 2 aliphatic rings. The van der Waals surface area contributed by atoms with Gasteiger partial charge in [0.1, 0.15) is 5.69 Å². The first-order valence-corrected chi connectivity index (χ1v) is 9.32. The summed E-state index contributed by atoms with van der Waals surface area (Å²) in [4.78, 5) is 11.6. The average Bonchev–Trinajstić information content (AvgIpc) is 2.86. The summed E-state index contributed by atoms with van der Waals surface area (Å²) in [5, 5.41) is 4.69. The van der Waals surface area contributed by atoms with Crippen LogP contribution in [0.2, 0.25) is 0 Å². The van der Waals surface area contributed by atoms with Crippen molar-refractivity contribution in [3.63, 3.8) is 0 Å². The Morgan fingerprint density at radius 3 is 2.80 bits per heavy atom. The molecule has 0 amide bonds. The molecule has 0 saturated carbocycles. The molecule has 0 radical (unpaired) electrons. The Bertz CT molecular complexity index is 814. The van der Waals surface area contributed by atoms with E-state index in [0.717, 1.165) is 44.9 Å². The number of hydrogen-bond acceptors (Lipinski definition) is 2. The number of nitrogens with zero attached hydrogens (tertiary/aromatic N) is 2. The standard InChI is InChI=1S/C22H24N2O/c25-16-21-20-14-8-7-13-19(18-11-5-2-6-12-18)22(20)24(23-21)15-17-9-3-1-4-10-17/h1,3-5,9-12,16,19H,2,6-8,13-15H2. The third-order valence-corrected chi connectivity index (χ3v) is 5.34. The molecule has 1 unspecified atom stereocenters. The highest BCUT2D eigenvalue weighted by Crippen LogP contribution is 2.38. The largest absolute Gasteiger partial charge is 0.296 e. The number of aldehydes is 1. The number of carbonyl (C=O) groups is 1. The number of rotatable bonds is 4. The van der Waals surface area contributed by atoms with Crippen LogP contribution in [0.4, 0.5) is 0 Å². The van der Waals surface area contributed by atoms with Crippen LogP contribution in [-0.4, -0.2) is 16.1 Å². The summed E-state index contributed by atoms with van der Waals surface area (Å²) in [6.07, 6.45) is 14.6. The molecule has 128 valence electrons. The van der Waals surface area contributed by atoms with E-state index in [4.69, 9.17) is 0 Å². The molecule has 0 spiro atoms. The Morgan fingerprint density at radius 2 is 2.04 bits per heavy atom. The highest BCUT2D eigenvalue weighted by Gasteiger charge is 2.28. The molecular formula is C22H24N2O. The maximum atomic E-state index is 11.6. The van der Waals surface area contributed by atoms with E-state index in [1.807, 2.05) is 6.07 Å². The van der Waals surface area contributed by atoms with Crippen molar-refractivity contribution in [2.24, 2.45) is 0 Å². The number of allylic oxidation sites excluding steroid dienone is 4. The van der Waals surface area contributed by atoms with Crippen LogP contribution in [-0.2, 0) is 13.0 Å². The van der Waals surface area contributed by atoms with Gasteiger partial charge in [-0.05, 0) is 43.2 Å². The van der Waals surface area contributed by atoms with Gasteiger partial charge in [0.15, 0.2) is 6.29 Å². The summed E-state index contributed by atoms with van der Waals surface area (Å²) in [6, 6.07) is 10.4. The first-order chi connectivity index (χ1) is 12.4. The van der Waals surface area contributed by atoms with E-state index in [1.54, 1.807) is 0 Å². The van der Waals surface area contributed by atoms with Crippen molar-refractivity contribution in [3.05, 3.63) is 76.6 Å². The highest BCUT2D eigenvalue weighted by atomic mass is 16.1. The van der Waals surface area contributed by atoms with Gasteiger partial charge in [0.05, 0.1) is 12.2 Å². The second-order valence-corrected chi connectivity index (χ2v) is 6.99. The van der Waals surface area contributed by atoms with Gasteiger partial charge < -0.3 is 0 Å². The average molecular weight is 332 g/mol. The summed E-state index contributed by atoms with van der Waals surface area (Å²) < 4.78 is 2.09.